The van der Waals surface area contributed by atoms with Crippen LogP contribution in [0.1, 0.15) is 39.0 Å². The fraction of sp³-hybridized carbons (Fsp3) is 0.615. The van der Waals surface area contributed by atoms with E-state index in [1.165, 1.54) is 0 Å². The molecule has 1 atom stereocenters. The Bertz CT molecular complexity index is 231. The molecule has 0 saturated carbocycles. The summed E-state index contributed by atoms with van der Waals surface area (Å²) in [6.07, 6.45) is 11.7. The van der Waals surface area contributed by atoms with Crippen molar-refractivity contribution < 1.29 is 15.0 Å². The largest absolute Gasteiger partial charge is 0.481 e. The minimum absolute atomic E-state index is 0.201. The van der Waals surface area contributed by atoms with E-state index >= 15 is 0 Å². The summed E-state index contributed by atoms with van der Waals surface area (Å²) in [6, 6.07) is 0. The number of carboxylic acids is 1. The van der Waals surface area contributed by atoms with Gasteiger partial charge in [0.25, 0.3) is 0 Å². The van der Waals surface area contributed by atoms with E-state index in [9.17, 15) is 4.79 Å². The van der Waals surface area contributed by atoms with E-state index in [-0.39, 0.29) is 13.0 Å². The van der Waals surface area contributed by atoms with E-state index in [1.807, 2.05) is 12.2 Å². The highest BCUT2D eigenvalue weighted by Gasteiger charge is 2.02. The van der Waals surface area contributed by atoms with Crippen LogP contribution in [0, 0.1) is 5.92 Å². The standard InChI is InChI=1S/C13H22O3/c1-12(9-10-13(15)16)8-6-4-2-3-5-7-11-14/h3-6,12,14H,2,7-11H2,1H3,(H,15,16)/b5-3+,6-4+. The van der Waals surface area contributed by atoms with Gasteiger partial charge in [0.15, 0.2) is 0 Å². The van der Waals surface area contributed by atoms with Gasteiger partial charge in [0, 0.05) is 13.0 Å². The minimum Gasteiger partial charge on any atom is -0.481 e. The summed E-state index contributed by atoms with van der Waals surface area (Å²) >= 11 is 0. The second-order valence-electron chi connectivity index (χ2n) is 3.96. The monoisotopic (exact) mass is 226 g/mol. The second kappa shape index (κ2) is 10.4. The van der Waals surface area contributed by atoms with Crippen molar-refractivity contribution in [1.29, 1.82) is 0 Å². The molecule has 0 rings (SSSR count). The molecule has 0 aromatic carbocycles. The van der Waals surface area contributed by atoms with Crippen molar-refractivity contribution in [3.8, 4) is 0 Å². The Kier molecular flexibility index (Phi) is 9.72. The van der Waals surface area contributed by atoms with E-state index in [0.717, 1.165) is 19.3 Å². The van der Waals surface area contributed by atoms with E-state index in [0.29, 0.717) is 12.3 Å². The summed E-state index contributed by atoms with van der Waals surface area (Å²) in [5.41, 5.74) is 0. The van der Waals surface area contributed by atoms with Crippen molar-refractivity contribution >= 4 is 5.97 Å². The quantitative estimate of drug-likeness (QED) is 0.594. The molecule has 0 fully saturated rings. The SMILES string of the molecule is CC(C/C=C/C/C=C/CCO)CCC(=O)O. The first-order valence-corrected chi connectivity index (χ1v) is 5.79. The zero-order valence-electron chi connectivity index (χ0n) is 9.93. The minimum atomic E-state index is -0.720. The average molecular weight is 226 g/mol. The van der Waals surface area contributed by atoms with Crippen LogP contribution in [0.15, 0.2) is 24.3 Å². The number of aliphatic hydroxyl groups excluding tert-OH is 1. The first kappa shape index (κ1) is 14.9. The molecule has 0 spiro atoms. The summed E-state index contributed by atoms with van der Waals surface area (Å²) in [6.45, 7) is 2.27. The highest BCUT2D eigenvalue weighted by atomic mass is 16.4. The molecule has 16 heavy (non-hydrogen) atoms. The van der Waals surface area contributed by atoms with Gasteiger partial charge in [0.1, 0.15) is 0 Å². The Hall–Kier alpha value is -1.09. The molecule has 92 valence electrons. The maximum Gasteiger partial charge on any atom is 0.303 e. The van der Waals surface area contributed by atoms with Crippen LogP contribution in [0.25, 0.3) is 0 Å². The summed E-state index contributed by atoms with van der Waals surface area (Å²) in [5, 5.41) is 17.0. The summed E-state index contributed by atoms with van der Waals surface area (Å²) in [5.74, 6) is -0.295. The number of carboxylic acid groups (broad SMARTS) is 1. The third-order valence-corrected chi connectivity index (χ3v) is 2.29. The Morgan fingerprint density at radius 3 is 2.56 bits per heavy atom. The molecule has 0 aliphatic carbocycles. The molecule has 0 aromatic rings. The molecule has 0 aliphatic rings. The molecular weight excluding hydrogens is 204 g/mol. The van der Waals surface area contributed by atoms with Crippen molar-refractivity contribution in [2.75, 3.05) is 6.61 Å². The molecule has 0 aliphatic heterocycles. The first-order valence-electron chi connectivity index (χ1n) is 5.79. The van der Waals surface area contributed by atoms with Crippen LogP contribution in [-0.4, -0.2) is 22.8 Å². The molecule has 1 unspecified atom stereocenters. The van der Waals surface area contributed by atoms with Gasteiger partial charge in [-0.3, -0.25) is 4.79 Å². The first-order chi connectivity index (χ1) is 7.66. The van der Waals surface area contributed by atoms with Crippen LogP contribution in [0.2, 0.25) is 0 Å². The van der Waals surface area contributed by atoms with Crippen LogP contribution in [0.4, 0.5) is 0 Å². The molecule has 0 bridgehead atoms. The number of allylic oxidation sites excluding steroid dienone is 3. The third-order valence-electron chi connectivity index (χ3n) is 2.29. The van der Waals surface area contributed by atoms with Gasteiger partial charge in [0.2, 0.25) is 0 Å². The van der Waals surface area contributed by atoms with E-state index in [4.69, 9.17) is 10.2 Å². The van der Waals surface area contributed by atoms with Gasteiger partial charge in [0.05, 0.1) is 0 Å². The van der Waals surface area contributed by atoms with Crippen molar-refractivity contribution in [2.45, 2.75) is 39.0 Å². The van der Waals surface area contributed by atoms with Crippen LogP contribution < -0.4 is 0 Å². The zero-order valence-corrected chi connectivity index (χ0v) is 9.93. The van der Waals surface area contributed by atoms with Gasteiger partial charge in [-0.2, -0.15) is 0 Å². The van der Waals surface area contributed by atoms with Crippen LogP contribution in [0.3, 0.4) is 0 Å². The zero-order chi connectivity index (χ0) is 12.2. The van der Waals surface area contributed by atoms with Gasteiger partial charge in [-0.25, -0.2) is 0 Å². The highest BCUT2D eigenvalue weighted by molar-refractivity contribution is 5.66. The van der Waals surface area contributed by atoms with E-state index in [1.54, 1.807) is 0 Å². The summed E-state index contributed by atoms with van der Waals surface area (Å²) in [4.78, 5) is 10.3. The normalized spacial score (nSPS) is 13.6. The Morgan fingerprint density at radius 1 is 1.25 bits per heavy atom. The van der Waals surface area contributed by atoms with Crippen LogP contribution >= 0.6 is 0 Å². The van der Waals surface area contributed by atoms with Gasteiger partial charge >= 0.3 is 5.97 Å². The van der Waals surface area contributed by atoms with Gasteiger partial charge in [-0.1, -0.05) is 31.2 Å². The molecule has 0 amide bonds. The fourth-order valence-electron chi connectivity index (χ4n) is 1.28. The van der Waals surface area contributed by atoms with Crippen LogP contribution in [0.5, 0.6) is 0 Å². The number of aliphatic hydroxyl groups is 1. The van der Waals surface area contributed by atoms with Crippen molar-refractivity contribution in [3.63, 3.8) is 0 Å². The number of hydrogen-bond acceptors (Lipinski definition) is 2. The van der Waals surface area contributed by atoms with Gasteiger partial charge in [-0.05, 0) is 31.6 Å². The van der Waals surface area contributed by atoms with Crippen molar-refractivity contribution in [3.05, 3.63) is 24.3 Å². The summed E-state index contributed by atoms with van der Waals surface area (Å²) < 4.78 is 0. The number of aliphatic carboxylic acids is 1. The molecule has 2 N–H and O–H groups in total. The molecule has 0 radical (unpaired) electrons. The summed E-state index contributed by atoms with van der Waals surface area (Å²) in [7, 11) is 0. The van der Waals surface area contributed by atoms with Gasteiger partial charge in [-0.15, -0.1) is 0 Å². The van der Waals surface area contributed by atoms with Crippen molar-refractivity contribution in [1.82, 2.24) is 0 Å². The average Bonchev–Trinajstić information content (AvgIpc) is 2.25. The smallest absolute Gasteiger partial charge is 0.303 e. The van der Waals surface area contributed by atoms with E-state index in [2.05, 4.69) is 19.1 Å². The number of carbonyl (C=O) groups is 1. The Balaban J connectivity index is 3.47. The maximum absolute atomic E-state index is 10.3. The van der Waals surface area contributed by atoms with E-state index < -0.39 is 5.97 Å². The van der Waals surface area contributed by atoms with Crippen LogP contribution in [-0.2, 0) is 4.79 Å². The fourth-order valence-corrected chi connectivity index (χ4v) is 1.28. The number of hydrogen-bond donors (Lipinski definition) is 2. The maximum atomic E-state index is 10.3. The topological polar surface area (TPSA) is 57.5 Å². The lowest BCUT2D eigenvalue weighted by molar-refractivity contribution is -0.137. The molecule has 0 saturated heterocycles. The van der Waals surface area contributed by atoms with Gasteiger partial charge < -0.3 is 10.2 Å². The lowest BCUT2D eigenvalue weighted by Crippen LogP contribution is -1.99. The van der Waals surface area contributed by atoms with Crippen molar-refractivity contribution in [2.24, 2.45) is 5.92 Å². The molecular formula is C13H22O3. The second-order valence-corrected chi connectivity index (χ2v) is 3.96. The molecule has 3 nitrogen and oxygen atoms in total. The molecule has 0 aromatic heterocycles. The lowest BCUT2D eigenvalue weighted by atomic mass is 10.0. The number of rotatable bonds is 9. The third kappa shape index (κ3) is 11.0. The molecule has 0 heterocycles. The predicted octanol–water partition coefficient (Wildman–Crippen LogP) is 2.76. The Labute approximate surface area is 97.5 Å². The lowest BCUT2D eigenvalue weighted by Gasteiger charge is -2.05. The molecule has 3 heteroatoms. The Morgan fingerprint density at radius 2 is 1.94 bits per heavy atom. The highest BCUT2D eigenvalue weighted by Crippen LogP contribution is 2.10. The predicted molar refractivity (Wildman–Crippen MR) is 65.3 cm³/mol.